The maximum Gasteiger partial charge on any atom is 0.523 e. The minimum atomic E-state index is -8.66. The van der Waals surface area contributed by atoms with Crippen LogP contribution in [0.5, 0.6) is 0 Å². The van der Waals surface area contributed by atoms with E-state index in [4.69, 9.17) is 0 Å². The molecule has 0 atom stereocenters. The maximum absolute atomic E-state index is 13.2. The van der Waals surface area contributed by atoms with Crippen LogP contribution in [0.4, 0.5) is 79.0 Å². The van der Waals surface area contributed by atoms with Gasteiger partial charge in [0.25, 0.3) is 0 Å². The van der Waals surface area contributed by atoms with Gasteiger partial charge in [-0.1, -0.05) is 0 Å². The summed E-state index contributed by atoms with van der Waals surface area (Å²) in [4.78, 5) is 0. The molecule has 0 fully saturated rings. The van der Waals surface area contributed by atoms with Crippen molar-refractivity contribution in [3.63, 3.8) is 0 Å². The topological polar surface area (TPSA) is 43.4 Å². The lowest BCUT2D eigenvalue weighted by Gasteiger charge is -2.41. The molecule has 0 unspecified atom stereocenters. The minimum absolute atomic E-state index is 2.18. The minimum Gasteiger partial charge on any atom is -0.257 e. The largest absolute Gasteiger partial charge is 0.523 e. The number of rotatable bonds is 8. The summed E-state index contributed by atoms with van der Waals surface area (Å²) in [6.07, 6.45) is -7.82. The fourth-order valence-corrected chi connectivity index (χ4v) is 1.75. The Hall–Kier alpha value is -1.35. The van der Waals surface area contributed by atoms with Crippen molar-refractivity contribution < 1.29 is 91.6 Å². The second-order valence-electron chi connectivity index (χ2n) is 5.24. The Labute approximate surface area is 157 Å². The number of alkyl halides is 18. The van der Waals surface area contributed by atoms with Gasteiger partial charge in [0.2, 0.25) is 0 Å². The fourth-order valence-electron chi connectivity index (χ4n) is 1.31. The lowest BCUT2D eigenvalue weighted by atomic mass is 9.91. The van der Waals surface area contributed by atoms with Gasteiger partial charge in [0.1, 0.15) is 6.61 Å². The van der Waals surface area contributed by atoms with Crippen molar-refractivity contribution in [2.75, 3.05) is 6.61 Å². The van der Waals surface area contributed by atoms with Gasteiger partial charge in [-0.25, -0.2) is 0 Å². The molecular formula is C9H2F18O3S. The monoisotopic (exact) mass is 532 g/mol. The van der Waals surface area contributed by atoms with Crippen molar-refractivity contribution in [3.8, 4) is 0 Å². The van der Waals surface area contributed by atoms with Gasteiger partial charge < -0.3 is 0 Å². The van der Waals surface area contributed by atoms with Crippen molar-refractivity contribution in [2.45, 2.75) is 47.2 Å². The summed E-state index contributed by atoms with van der Waals surface area (Å²) < 4.78 is 249. The van der Waals surface area contributed by atoms with E-state index in [9.17, 15) is 87.4 Å². The maximum atomic E-state index is 13.2. The number of hydrogen-bond acceptors (Lipinski definition) is 3. The van der Waals surface area contributed by atoms with Gasteiger partial charge in [-0.3, -0.25) is 4.18 Å². The second kappa shape index (κ2) is 7.33. The fraction of sp³-hybridized carbons (Fsp3) is 1.00. The normalized spacial score (nSPS) is 16.6. The summed E-state index contributed by atoms with van der Waals surface area (Å²) in [6, 6.07) is 0. The first-order valence-electron chi connectivity index (χ1n) is 6.25. The number of halogens is 18. The Morgan fingerprint density at radius 1 is 0.484 bits per heavy atom. The highest BCUT2D eigenvalue weighted by Crippen LogP contribution is 2.62. The summed E-state index contributed by atoms with van der Waals surface area (Å²) >= 11 is 0. The molecule has 0 aromatic heterocycles. The lowest BCUT2D eigenvalue weighted by molar-refractivity contribution is -0.453. The molecule has 188 valence electrons. The molecule has 0 radical (unpaired) electrons. The first-order valence-corrected chi connectivity index (χ1v) is 7.66. The molecular weight excluding hydrogens is 530 g/mol. The molecule has 0 heterocycles. The molecule has 0 rings (SSSR count). The molecule has 0 aromatic rings. The quantitative estimate of drug-likeness (QED) is 0.245. The molecule has 0 aliphatic rings. The van der Waals surface area contributed by atoms with Gasteiger partial charge in [-0.2, -0.15) is 87.4 Å². The highest BCUT2D eigenvalue weighted by Gasteiger charge is 2.93. The Kier molecular flexibility index (Phi) is 7.01. The van der Waals surface area contributed by atoms with Crippen LogP contribution in [0.15, 0.2) is 0 Å². The second-order valence-corrected chi connectivity index (χ2v) is 6.84. The van der Waals surface area contributed by atoms with Crippen LogP contribution >= 0.6 is 0 Å². The molecule has 0 saturated heterocycles. The Morgan fingerprint density at radius 3 is 1.06 bits per heavy atom. The summed E-state index contributed by atoms with van der Waals surface area (Å²) in [6.45, 7) is -4.10. The van der Waals surface area contributed by atoms with Crippen LogP contribution in [0.2, 0.25) is 0 Å². The van der Waals surface area contributed by atoms with E-state index in [0.717, 1.165) is 0 Å². The van der Waals surface area contributed by atoms with Crippen molar-refractivity contribution in [1.82, 2.24) is 0 Å². The Bertz CT molecular complexity index is 759. The predicted octanol–water partition coefficient (Wildman–Crippen LogP) is 5.23. The van der Waals surface area contributed by atoms with Gasteiger partial charge in [0.05, 0.1) is 0 Å². The SMILES string of the molecule is O=S(=O)(OCC(F)(F)C(F)(F)C(F)(F)C(F)(F)C(F)(F)C(F)(F)C(F)(F)F)C(F)(F)F. The highest BCUT2D eigenvalue weighted by molar-refractivity contribution is 7.87. The standard InChI is InChI=1S/C9H2F18O3S/c10-2(11,1-30-31(28,29)9(25,26)27)3(12,13)4(14,15)5(16,17)6(18,19)7(20,21)8(22,23)24/h1H2. The van der Waals surface area contributed by atoms with Crippen LogP contribution in [0.3, 0.4) is 0 Å². The third kappa shape index (κ3) is 4.32. The number of hydrogen-bond donors (Lipinski definition) is 0. The van der Waals surface area contributed by atoms with E-state index >= 15 is 0 Å². The van der Waals surface area contributed by atoms with E-state index < -0.39 is 63.9 Å². The van der Waals surface area contributed by atoms with Crippen molar-refractivity contribution >= 4 is 10.1 Å². The van der Waals surface area contributed by atoms with Crippen LogP contribution in [0.25, 0.3) is 0 Å². The van der Waals surface area contributed by atoms with Crippen molar-refractivity contribution in [3.05, 3.63) is 0 Å². The summed E-state index contributed by atoms with van der Waals surface area (Å²) in [5, 5.41) is 0. The lowest BCUT2D eigenvalue weighted by Crippen LogP contribution is -2.73. The van der Waals surface area contributed by atoms with E-state index in [2.05, 4.69) is 4.18 Å². The van der Waals surface area contributed by atoms with Gasteiger partial charge >= 0.3 is 57.3 Å². The molecule has 3 nitrogen and oxygen atoms in total. The van der Waals surface area contributed by atoms with E-state index in [0.29, 0.717) is 0 Å². The first-order chi connectivity index (χ1) is 13.0. The summed E-state index contributed by atoms with van der Waals surface area (Å²) in [7, 11) is -7.31. The van der Waals surface area contributed by atoms with Crippen LogP contribution in [0, 0.1) is 0 Å². The molecule has 0 saturated carbocycles. The van der Waals surface area contributed by atoms with E-state index in [-0.39, 0.29) is 0 Å². The third-order valence-electron chi connectivity index (χ3n) is 3.07. The summed E-state index contributed by atoms with van der Waals surface area (Å²) in [5.41, 5.74) is -6.69. The summed E-state index contributed by atoms with van der Waals surface area (Å²) in [5.74, 6) is -49.5. The zero-order valence-electron chi connectivity index (χ0n) is 13.1. The highest BCUT2D eigenvalue weighted by atomic mass is 32.2. The predicted molar refractivity (Wildman–Crippen MR) is 56.7 cm³/mol. The molecule has 0 amide bonds. The average Bonchev–Trinajstić information content (AvgIpc) is 2.50. The molecule has 0 aliphatic carbocycles. The van der Waals surface area contributed by atoms with E-state index in [1.165, 1.54) is 0 Å². The smallest absolute Gasteiger partial charge is 0.257 e. The zero-order valence-corrected chi connectivity index (χ0v) is 14.0. The Balaban J connectivity index is 6.39. The van der Waals surface area contributed by atoms with Crippen molar-refractivity contribution in [1.29, 1.82) is 0 Å². The molecule has 31 heavy (non-hydrogen) atoms. The van der Waals surface area contributed by atoms with Crippen molar-refractivity contribution in [2.24, 2.45) is 0 Å². The van der Waals surface area contributed by atoms with Gasteiger partial charge in [0, 0.05) is 0 Å². The first kappa shape index (κ1) is 29.7. The van der Waals surface area contributed by atoms with Crippen LogP contribution < -0.4 is 0 Å². The molecule has 0 aromatic carbocycles. The molecule has 22 heteroatoms. The molecule has 0 N–H and O–H groups in total. The molecule has 0 aliphatic heterocycles. The Morgan fingerprint density at radius 2 is 0.774 bits per heavy atom. The van der Waals surface area contributed by atoms with Gasteiger partial charge in [-0.05, 0) is 0 Å². The van der Waals surface area contributed by atoms with Gasteiger partial charge in [0.15, 0.2) is 0 Å². The molecule has 0 bridgehead atoms. The molecule has 0 spiro atoms. The van der Waals surface area contributed by atoms with Crippen LogP contribution in [-0.2, 0) is 14.3 Å². The van der Waals surface area contributed by atoms with E-state index in [1.807, 2.05) is 0 Å². The zero-order chi connectivity index (χ0) is 25.9. The average molecular weight is 532 g/mol. The van der Waals surface area contributed by atoms with E-state index in [1.54, 1.807) is 0 Å². The van der Waals surface area contributed by atoms with Gasteiger partial charge in [-0.15, -0.1) is 0 Å². The van der Waals surface area contributed by atoms with Crippen LogP contribution in [-0.4, -0.2) is 62.2 Å². The van der Waals surface area contributed by atoms with Crippen LogP contribution in [0.1, 0.15) is 0 Å². The third-order valence-corrected chi connectivity index (χ3v) is 4.07.